The summed E-state index contributed by atoms with van der Waals surface area (Å²) < 4.78 is 10.6. The van der Waals surface area contributed by atoms with Crippen LogP contribution < -0.4 is 4.74 Å². The van der Waals surface area contributed by atoms with Crippen LogP contribution in [0.1, 0.15) is 22.8 Å². The van der Waals surface area contributed by atoms with Gasteiger partial charge in [0.1, 0.15) is 11.3 Å². The topological polar surface area (TPSA) is 35.5 Å². The molecule has 82 valence electrons. The lowest BCUT2D eigenvalue weighted by atomic mass is 10.1. The second-order valence-corrected chi connectivity index (χ2v) is 3.86. The molecule has 3 nitrogen and oxygen atoms in total. The van der Waals surface area contributed by atoms with Crippen LogP contribution in [-0.2, 0) is 11.2 Å². The van der Waals surface area contributed by atoms with Gasteiger partial charge in [0.2, 0.25) is 0 Å². The fraction of sp³-hybridized carbons (Fsp3) is 0.364. The molecule has 15 heavy (non-hydrogen) atoms. The van der Waals surface area contributed by atoms with Gasteiger partial charge in [-0.05, 0) is 40.0 Å². The Morgan fingerprint density at radius 3 is 2.53 bits per heavy atom. The van der Waals surface area contributed by atoms with Crippen LogP contribution in [0.5, 0.6) is 5.75 Å². The lowest BCUT2D eigenvalue weighted by Crippen LogP contribution is -2.05. The van der Waals surface area contributed by atoms with Crippen molar-refractivity contribution in [1.29, 1.82) is 0 Å². The Labute approximate surface area is 97.5 Å². The van der Waals surface area contributed by atoms with Gasteiger partial charge in [-0.3, -0.25) is 0 Å². The zero-order valence-corrected chi connectivity index (χ0v) is 10.6. The molecule has 0 aromatic heterocycles. The van der Waals surface area contributed by atoms with Gasteiger partial charge in [-0.2, -0.15) is 0 Å². The predicted molar refractivity (Wildman–Crippen MR) is 61.4 cm³/mol. The Morgan fingerprint density at radius 1 is 1.40 bits per heavy atom. The van der Waals surface area contributed by atoms with E-state index in [-0.39, 0.29) is 5.97 Å². The van der Waals surface area contributed by atoms with Gasteiger partial charge in [-0.1, -0.05) is 6.92 Å². The minimum absolute atomic E-state index is 0.386. The van der Waals surface area contributed by atoms with Gasteiger partial charge in [0, 0.05) is 0 Å². The van der Waals surface area contributed by atoms with Crippen molar-refractivity contribution in [3.63, 3.8) is 0 Å². The van der Waals surface area contributed by atoms with Crippen LogP contribution in [0.15, 0.2) is 16.6 Å². The van der Waals surface area contributed by atoms with E-state index in [4.69, 9.17) is 9.47 Å². The average Bonchev–Trinajstić information content (AvgIpc) is 2.26. The maximum atomic E-state index is 11.5. The molecule has 0 radical (unpaired) electrons. The lowest BCUT2D eigenvalue weighted by molar-refractivity contribution is 0.0597. The van der Waals surface area contributed by atoms with Gasteiger partial charge in [-0.25, -0.2) is 4.79 Å². The summed E-state index contributed by atoms with van der Waals surface area (Å²) in [5, 5.41) is 0. The highest BCUT2D eigenvalue weighted by molar-refractivity contribution is 9.10. The van der Waals surface area contributed by atoms with Crippen LogP contribution in [0.25, 0.3) is 0 Å². The molecule has 0 saturated carbocycles. The molecule has 0 aliphatic rings. The Bertz CT molecular complexity index is 374. The van der Waals surface area contributed by atoms with Crippen molar-refractivity contribution in [1.82, 2.24) is 0 Å². The molecule has 0 N–H and O–H groups in total. The van der Waals surface area contributed by atoms with Crippen molar-refractivity contribution >= 4 is 21.9 Å². The van der Waals surface area contributed by atoms with Crippen LogP contribution in [0.3, 0.4) is 0 Å². The lowest BCUT2D eigenvalue weighted by Gasteiger charge is -2.10. The summed E-state index contributed by atoms with van der Waals surface area (Å²) in [6.45, 7) is 2.02. The largest absolute Gasteiger partial charge is 0.495 e. The molecule has 4 heteroatoms. The molecule has 0 saturated heterocycles. The molecule has 0 fully saturated rings. The van der Waals surface area contributed by atoms with Gasteiger partial charge < -0.3 is 9.47 Å². The number of hydrogen-bond donors (Lipinski definition) is 0. The monoisotopic (exact) mass is 272 g/mol. The molecule has 1 rings (SSSR count). The van der Waals surface area contributed by atoms with Gasteiger partial charge >= 0.3 is 5.97 Å². The van der Waals surface area contributed by atoms with E-state index < -0.39 is 0 Å². The zero-order valence-electron chi connectivity index (χ0n) is 8.96. The first kappa shape index (κ1) is 12.0. The molecule has 0 bridgehead atoms. The Kier molecular flexibility index (Phi) is 4.15. The van der Waals surface area contributed by atoms with E-state index >= 15 is 0 Å². The molecule has 0 amide bonds. The fourth-order valence-corrected chi connectivity index (χ4v) is 1.99. The van der Waals surface area contributed by atoms with Crippen molar-refractivity contribution in [2.45, 2.75) is 13.3 Å². The maximum absolute atomic E-state index is 11.5. The third-order valence-electron chi connectivity index (χ3n) is 2.12. The highest BCUT2D eigenvalue weighted by Crippen LogP contribution is 2.31. The van der Waals surface area contributed by atoms with E-state index in [1.807, 2.05) is 13.0 Å². The molecule has 0 atom stereocenters. The zero-order chi connectivity index (χ0) is 11.4. The SMILES string of the molecule is CCc1cc(Br)c(OC)c(C(=O)OC)c1. The van der Waals surface area contributed by atoms with Gasteiger partial charge in [0.15, 0.2) is 0 Å². The summed E-state index contributed by atoms with van der Waals surface area (Å²) in [7, 11) is 2.88. The summed E-state index contributed by atoms with van der Waals surface area (Å²) in [4.78, 5) is 11.5. The van der Waals surface area contributed by atoms with E-state index in [0.717, 1.165) is 16.5 Å². The fourth-order valence-electron chi connectivity index (χ4n) is 1.32. The molecular formula is C11H13BrO3. The normalized spacial score (nSPS) is 9.87. The molecule has 0 aliphatic carbocycles. The van der Waals surface area contributed by atoms with E-state index in [0.29, 0.717) is 11.3 Å². The van der Waals surface area contributed by atoms with E-state index in [1.54, 1.807) is 6.07 Å². The van der Waals surface area contributed by atoms with Crippen LogP contribution >= 0.6 is 15.9 Å². The van der Waals surface area contributed by atoms with Crippen LogP contribution in [0.2, 0.25) is 0 Å². The van der Waals surface area contributed by atoms with Crippen LogP contribution in [-0.4, -0.2) is 20.2 Å². The Hall–Kier alpha value is -1.03. The minimum atomic E-state index is -0.386. The van der Waals surface area contributed by atoms with Gasteiger partial charge in [0.25, 0.3) is 0 Å². The summed E-state index contributed by atoms with van der Waals surface area (Å²) in [6, 6.07) is 3.72. The van der Waals surface area contributed by atoms with Crippen molar-refractivity contribution < 1.29 is 14.3 Å². The Balaban J connectivity index is 3.32. The summed E-state index contributed by atoms with van der Waals surface area (Å²) in [5.74, 6) is 0.127. The van der Waals surface area contributed by atoms with E-state index in [2.05, 4.69) is 15.9 Å². The second kappa shape index (κ2) is 5.16. The first-order valence-electron chi connectivity index (χ1n) is 4.58. The summed E-state index contributed by atoms with van der Waals surface area (Å²) in [5.41, 5.74) is 1.51. The van der Waals surface area contributed by atoms with E-state index in [9.17, 15) is 4.79 Å². The molecule has 0 unspecified atom stereocenters. The van der Waals surface area contributed by atoms with Crippen molar-refractivity contribution in [2.75, 3.05) is 14.2 Å². The standard InChI is InChI=1S/C11H13BrO3/c1-4-7-5-8(11(13)15-3)10(14-2)9(12)6-7/h5-6H,4H2,1-3H3. The number of aryl methyl sites for hydroxylation is 1. The number of carbonyl (C=O) groups excluding carboxylic acids is 1. The average molecular weight is 273 g/mol. The van der Waals surface area contributed by atoms with Gasteiger partial charge in [0.05, 0.1) is 18.7 Å². The summed E-state index contributed by atoms with van der Waals surface area (Å²) in [6.07, 6.45) is 0.854. The smallest absolute Gasteiger partial charge is 0.341 e. The molecule has 0 heterocycles. The number of rotatable bonds is 3. The van der Waals surface area contributed by atoms with Gasteiger partial charge in [-0.15, -0.1) is 0 Å². The highest BCUT2D eigenvalue weighted by atomic mass is 79.9. The molecule has 0 aliphatic heterocycles. The van der Waals surface area contributed by atoms with Crippen LogP contribution in [0.4, 0.5) is 0 Å². The molecular weight excluding hydrogens is 260 g/mol. The van der Waals surface area contributed by atoms with E-state index in [1.165, 1.54) is 14.2 Å². The number of ether oxygens (including phenoxy) is 2. The second-order valence-electron chi connectivity index (χ2n) is 3.00. The predicted octanol–water partition coefficient (Wildman–Crippen LogP) is 2.81. The van der Waals surface area contributed by atoms with Crippen molar-refractivity contribution in [3.05, 3.63) is 27.7 Å². The number of hydrogen-bond acceptors (Lipinski definition) is 3. The number of esters is 1. The molecule has 1 aromatic carbocycles. The molecule has 0 spiro atoms. The third kappa shape index (κ3) is 2.50. The number of halogens is 1. The maximum Gasteiger partial charge on any atom is 0.341 e. The minimum Gasteiger partial charge on any atom is -0.495 e. The quantitative estimate of drug-likeness (QED) is 0.794. The Morgan fingerprint density at radius 2 is 2.07 bits per heavy atom. The molecule has 1 aromatic rings. The van der Waals surface area contributed by atoms with Crippen molar-refractivity contribution in [3.8, 4) is 5.75 Å². The summed E-state index contributed by atoms with van der Waals surface area (Å²) >= 11 is 3.36. The van der Waals surface area contributed by atoms with Crippen molar-refractivity contribution in [2.24, 2.45) is 0 Å². The first-order chi connectivity index (χ1) is 7.13. The highest BCUT2D eigenvalue weighted by Gasteiger charge is 2.16. The third-order valence-corrected chi connectivity index (χ3v) is 2.71. The number of benzene rings is 1. The van der Waals surface area contributed by atoms with Crippen LogP contribution in [0, 0.1) is 0 Å². The first-order valence-corrected chi connectivity index (χ1v) is 5.38. The number of carbonyl (C=O) groups is 1. The number of methoxy groups -OCH3 is 2.